The predicted molar refractivity (Wildman–Crippen MR) is 92.3 cm³/mol. The Bertz CT molecular complexity index is 648. The van der Waals surface area contributed by atoms with Gasteiger partial charge in [-0.25, -0.2) is 4.98 Å². The van der Waals surface area contributed by atoms with Crippen LogP contribution in [-0.2, 0) is 22.4 Å². The summed E-state index contributed by atoms with van der Waals surface area (Å²) in [6, 6.07) is 8.33. The standard InChI is InChI=1S/C17H21N3O2S/c1-2-13-3-5-14(6-4-13)18-17-19-15(12-23-17)11-16(21)20-7-9-22-10-8-20/h3-6,12H,2,7-11H2,1H3,(H,18,19). The van der Waals surface area contributed by atoms with Crippen LogP contribution in [0.4, 0.5) is 10.8 Å². The number of nitrogens with one attached hydrogen (secondary N) is 1. The number of hydrogen-bond donors (Lipinski definition) is 1. The van der Waals surface area contributed by atoms with Crippen molar-refractivity contribution in [3.8, 4) is 0 Å². The van der Waals surface area contributed by atoms with E-state index < -0.39 is 0 Å². The Kier molecular flexibility index (Phi) is 5.25. The summed E-state index contributed by atoms with van der Waals surface area (Å²) in [5.74, 6) is 0.123. The van der Waals surface area contributed by atoms with Crippen LogP contribution in [0.5, 0.6) is 0 Å². The Hall–Kier alpha value is -1.92. The summed E-state index contributed by atoms with van der Waals surface area (Å²) in [7, 11) is 0. The zero-order valence-corrected chi connectivity index (χ0v) is 14.1. The van der Waals surface area contributed by atoms with E-state index in [1.807, 2.05) is 10.3 Å². The molecule has 0 radical (unpaired) electrons. The Morgan fingerprint density at radius 3 is 2.74 bits per heavy atom. The highest BCUT2D eigenvalue weighted by Crippen LogP contribution is 2.22. The van der Waals surface area contributed by atoms with Crippen molar-refractivity contribution in [2.24, 2.45) is 0 Å². The van der Waals surface area contributed by atoms with Gasteiger partial charge in [0.2, 0.25) is 5.91 Å². The van der Waals surface area contributed by atoms with Gasteiger partial charge in [-0.2, -0.15) is 0 Å². The summed E-state index contributed by atoms with van der Waals surface area (Å²) in [6.07, 6.45) is 1.39. The number of benzene rings is 1. The molecule has 3 rings (SSSR count). The molecule has 1 aromatic heterocycles. The Morgan fingerprint density at radius 2 is 2.04 bits per heavy atom. The molecule has 2 aromatic rings. The molecule has 2 heterocycles. The van der Waals surface area contributed by atoms with E-state index in [-0.39, 0.29) is 5.91 Å². The molecule has 0 bridgehead atoms. The van der Waals surface area contributed by atoms with Crippen LogP contribution in [0.25, 0.3) is 0 Å². The van der Waals surface area contributed by atoms with Gasteiger partial charge in [0, 0.05) is 24.2 Å². The van der Waals surface area contributed by atoms with Crippen LogP contribution < -0.4 is 5.32 Å². The highest BCUT2D eigenvalue weighted by molar-refractivity contribution is 7.13. The monoisotopic (exact) mass is 331 g/mol. The number of carbonyl (C=O) groups is 1. The molecule has 1 saturated heterocycles. The maximum absolute atomic E-state index is 12.2. The van der Waals surface area contributed by atoms with Gasteiger partial charge in [0.05, 0.1) is 25.3 Å². The number of anilines is 2. The summed E-state index contributed by atoms with van der Waals surface area (Å²) >= 11 is 1.53. The number of morpholine rings is 1. The fourth-order valence-electron chi connectivity index (χ4n) is 2.47. The van der Waals surface area contributed by atoms with Crippen LogP contribution in [0.15, 0.2) is 29.6 Å². The molecule has 0 aliphatic carbocycles. The van der Waals surface area contributed by atoms with Crippen molar-refractivity contribution in [2.75, 3.05) is 31.6 Å². The first kappa shape index (κ1) is 16.0. The summed E-state index contributed by atoms with van der Waals surface area (Å²) in [5.41, 5.74) is 3.15. The van der Waals surface area contributed by atoms with Crippen molar-refractivity contribution in [1.82, 2.24) is 9.88 Å². The first-order valence-electron chi connectivity index (χ1n) is 7.90. The van der Waals surface area contributed by atoms with Gasteiger partial charge >= 0.3 is 0 Å². The SMILES string of the molecule is CCc1ccc(Nc2nc(CC(=O)N3CCOCC3)cs2)cc1. The predicted octanol–water partition coefficient (Wildman–Crippen LogP) is 2.85. The third-order valence-electron chi connectivity index (χ3n) is 3.86. The Morgan fingerprint density at radius 1 is 1.30 bits per heavy atom. The average molecular weight is 331 g/mol. The van der Waals surface area contributed by atoms with Crippen LogP contribution in [-0.4, -0.2) is 42.1 Å². The molecular formula is C17H21N3O2S. The Balaban J connectivity index is 1.57. The number of carbonyl (C=O) groups excluding carboxylic acids is 1. The van der Waals surface area contributed by atoms with Crippen LogP contribution in [0.1, 0.15) is 18.2 Å². The molecule has 1 aliphatic heterocycles. The molecule has 1 amide bonds. The van der Waals surface area contributed by atoms with Crippen LogP contribution in [0.2, 0.25) is 0 Å². The number of amides is 1. The van der Waals surface area contributed by atoms with Gasteiger partial charge in [0.25, 0.3) is 0 Å². The van der Waals surface area contributed by atoms with E-state index in [1.165, 1.54) is 16.9 Å². The fourth-order valence-corrected chi connectivity index (χ4v) is 3.20. The maximum atomic E-state index is 12.2. The molecule has 1 fully saturated rings. The van der Waals surface area contributed by atoms with Gasteiger partial charge in [-0.05, 0) is 24.1 Å². The molecular weight excluding hydrogens is 310 g/mol. The van der Waals surface area contributed by atoms with Crippen LogP contribution in [0, 0.1) is 0 Å². The molecule has 122 valence electrons. The van der Waals surface area contributed by atoms with E-state index in [2.05, 4.69) is 41.5 Å². The van der Waals surface area contributed by atoms with E-state index in [9.17, 15) is 4.79 Å². The van der Waals surface area contributed by atoms with Gasteiger partial charge in [-0.15, -0.1) is 11.3 Å². The molecule has 23 heavy (non-hydrogen) atoms. The van der Waals surface area contributed by atoms with Gasteiger partial charge < -0.3 is 15.0 Å². The van der Waals surface area contributed by atoms with E-state index >= 15 is 0 Å². The lowest BCUT2D eigenvalue weighted by atomic mass is 10.1. The van der Waals surface area contributed by atoms with Crippen molar-refractivity contribution in [3.63, 3.8) is 0 Å². The number of nitrogens with zero attached hydrogens (tertiary/aromatic N) is 2. The summed E-state index contributed by atoms with van der Waals surface area (Å²) in [6.45, 7) is 4.75. The topological polar surface area (TPSA) is 54.5 Å². The molecule has 0 atom stereocenters. The molecule has 0 unspecified atom stereocenters. The lowest BCUT2D eigenvalue weighted by Gasteiger charge is -2.26. The van der Waals surface area contributed by atoms with Gasteiger partial charge in [-0.3, -0.25) is 4.79 Å². The summed E-state index contributed by atoms with van der Waals surface area (Å²) < 4.78 is 5.27. The molecule has 5 nitrogen and oxygen atoms in total. The minimum Gasteiger partial charge on any atom is -0.378 e. The van der Waals surface area contributed by atoms with E-state index in [0.717, 1.165) is 22.9 Å². The second-order valence-electron chi connectivity index (χ2n) is 5.49. The van der Waals surface area contributed by atoms with Crippen molar-refractivity contribution >= 4 is 28.1 Å². The summed E-state index contributed by atoms with van der Waals surface area (Å²) in [4.78, 5) is 18.6. The molecule has 0 spiro atoms. The minimum atomic E-state index is 0.123. The van der Waals surface area contributed by atoms with Crippen LogP contribution >= 0.6 is 11.3 Å². The quantitative estimate of drug-likeness (QED) is 0.915. The van der Waals surface area contributed by atoms with Gasteiger partial charge in [-0.1, -0.05) is 19.1 Å². The van der Waals surface area contributed by atoms with Gasteiger partial charge in [0.1, 0.15) is 0 Å². The lowest BCUT2D eigenvalue weighted by molar-refractivity contribution is -0.134. The van der Waals surface area contributed by atoms with Crippen LogP contribution in [0.3, 0.4) is 0 Å². The minimum absolute atomic E-state index is 0.123. The van der Waals surface area contributed by atoms with Gasteiger partial charge in [0.15, 0.2) is 5.13 Å². The largest absolute Gasteiger partial charge is 0.378 e. The third-order valence-corrected chi connectivity index (χ3v) is 4.67. The van der Waals surface area contributed by atoms with Crippen molar-refractivity contribution in [3.05, 3.63) is 40.9 Å². The number of hydrogen-bond acceptors (Lipinski definition) is 5. The fraction of sp³-hybridized carbons (Fsp3) is 0.412. The maximum Gasteiger partial charge on any atom is 0.228 e. The zero-order valence-electron chi connectivity index (χ0n) is 13.2. The first-order chi connectivity index (χ1) is 11.2. The Labute approximate surface area is 140 Å². The van der Waals surface area contributed by atoms with Crippen molar-refractivity contribution in [2.45, 2.75) is 19.8 Å². The molecule has 6 heteroatoms. The van der Waals surface area contributed by atoms with E-state index in [0.29, 0.717) is 32.7 Å². The average Bonchev–Trinajstić information content (AvgIpc) is 3.03. The molecule has 1 N–H and O–H groups in total. The number of rotatable bonds is 5. The highest BCUT2D eigenvalue weighted by Gasteiger charge is 2.18. The number of thiazole rings is 1. The smallest absolute Gasteiger partial charge is 0.228 e. The van der Waals surface area contributed by atoms with Crippen molar-refractivity contribution < 1.29 is 9.53 Å². The first-order valence-corrected chi connectivity index (χ1v) is 8.78. The van der Waals surface area contributed by atoms with Crippen molar-refractivity contribution in [1.29, 1.82) is 0 Å². The van der Waals surface area contributed by atoms with E-state index in [4.69, 9.17) is 4.74 Å². The highest BCUT2D eigenvalue weighted by atomic mass is 32.1. The second-order valence-corrected chi connectivity index (χ2v) is 6.35. The van der Waals surface area contributed by atoms with E-state index in [1.54, 1.807) is 0 Å². The second kappa shape index (κ2) is 7.57. The third kappa shape index (κ3) is 4.30. The number of aromatic nitrogens is 1. The summed E-state index contributed by atoms with van der Waals surface area (Å²) in [5, 5.41) is 6.05. The zero-order chi connectivity index (χ0) is 16.1. The number of ether oxygens (including phenoxy) is 1. The molecule has 1 aliphatic rings. The lowest BCUT2D eigenvalue weighted by Crippen LogP contribution is -2.41. The molecule has 0 saturated carbocycles. The normalized spacial score (nSPS) is 14.7. The molecule has 1 aromatic carbocycles. The number of aryl methyl sites for hydroxylation is 1.